The first-order valence-electron chi connectivity index (χ1n) is 8.43. The summed E-state index contributed by atoms with van der Waals surface area (Å²) in [4.78, 5) is 29.4. The Hall–Kier alpha value is -3.09. The monoisotopic (exact) mass is 355 g/mol. The summed E-state index contributed by atoms with van der Waals surface area (Å²) < 4.78 is 18.9. The van der Waals surface area contributed by atoms with Crippen LogP contribution in [0.1, 0.15) is 32.8 Å². The average molecular weight is 355 g/mol. The molecule has 2 N–H and O–H groups in total. The molecule has 1 aromatic carbocycles. The molecule has 2 aromatic heterocycles. The van der Waals surface area contributed by atoms with Gasteiger partial charge in [0.15, 0.2) is 0 Å². The van der Waals surface area contributed by atoms with Crippen molar-refractivity contribution in [3.8, 4) is 0 Å². The maximum absolute atomic E-state index is 13.9. The van der Waals surface area contributed by atoms with Gasteiger partial charge in [0, 0.05) is 24.5 Å². The number of carbonyl (C=O) groups excluding carboxylic acids is 2. The van der Waals surface area contributed by atoms with Crippen LogP contribution in [0.25, 0.3) is 10.9 Å². The SMILES string of the molecule is Cc1ccc(F)c2[nH]c(C(=O)N3CC[C@H](NC(=O)c4ccoc4)C3)cc12. The predicted octanol–water partition coefficient (Wildman–Crippen LogP) is 2.85. The zero-order valence-electron chi connectivity index (χ0n) is 14.2. The first kappa shape index (κ1) is 16.4. The van der Waals surface area contributed by atoms with Gasteiger partial charge in [-0.3, -0.25) is 9.59 Å². The molecule has 1 atom stereocenters. The van der Waals surface area contributed by atoms with E-state index in [0.717, 1.165) is 5.56 Å². The Kier molecular flexibility index (Phi) is 3.99. The number of hydrogen-bond donors (Lipinski definition) is 2. The summed E-state index contributed by atoms with van der Waals surface area (Å²) >= 11 is 0. The van der Waals surface area contributed by atoms with Gasteiger partial charge in [-0.25, -0.2) is 4.39 Å². The molecule has 7 heteroatoms. The molecular formula is C19H18FN3O3. The third-order valence-electron chi connectivity index (χ3n) is 4.79. The normalized spacial score (nSPS) is 17.0. The van der Waals surface area contributed by atoms with Crippen LogP contribution in [0, 0.1) is 12.7 Å². The lowest BCUT2D eigenvalue weighted by atomic mass is 10.1. The molecule has 0 saturated carbocycles. The summed E-state index contributed by atoms with van der Waals surface area (Å²) in [5, 5.41) is 3.61. The molecule has 0 radical (unpaired) electrons. The number of halogens is 1. The molecule has 3 aromatic rings. The first-order valence-corrected chi connectivity index (χ1v) is 8.43. The zero-order chi connectivity index (χ0) is 18.3. The van der Waals surface area contributed by atoms with Gasteiger partial charge in [-0.15, -0.1) is 0 Å². The van der Waals surface area contributed by atoms with Gasteiger partial charge >= 0.3 is 0 Å². The Labute approximate surface area is 149 Å². The van der Waals surface area contributed by atoms with Gasteiger partial charge in [-0.2, -0.15) is 0 Å². The van der Waals surface area contributed by atoms with Crippen molar-refractivity contribution < 1.29 is 18.4 Å². The van der Waals surface area contributed by atoms with Crippen LogP contribution >= 0.6 is 0 Å². The highest BCUT2D eigenvalue weighted by Gasteiger charge is 2.29. The van der Waals surface area contributed by atoms with Crippen LogP contribution in [-0.4, -0.2) is 40.8 Å². The lowest BCUT2D eigenvalue weighted by molar-refractivity contribution is 0.0778. The van der Waals surface area contributed by atoms with Gasteiger partial charge < -0.3 is 19.6 Å². The van der Waals surface area contributed by atoms with E-state index in [9.17, 15) is 14.0 Å². The van der Waals surface area contributed by atoms with Gasteiger partial charge in [-0.05, 0) is 37.1 Å². The van der Waals surface area contributed by atoms with Gasteiger partial charge in [0.25, 0.3) is 11.8 Å². The van der Waals surface area contributed by atoms with Gasteiger partial charge in [-0.1, -0.05) is 6.07 Å². The van der Waals surface area contributed by atoms with Crippen molar-refractivity contribution in [2.75, 3.05) is 13.1 Å². The third kappa shape index (κ3) is 2.85. The number of likely N-dealkylation sites (tertiary alicyclic amines) is 1. The molecule has 6 nitrogen and oxygen atoms in total. The second kappa shape index (κ2) is 6.33. The van der Waals surface area contributed by atoms with Crippen molar-refractivity contribution in [2.45, 2.75) is 19.4 Å². The molecule has 1 fully saturated rings. The fourth-order valence-electron chi connectivity index (χ4n) is 3.34. The number of benzene rings is 1. The van der Waals surface area contributed by atoms with Gasteiger partial charge in [0.1, 0.15) is 17.8 Å². The van der Waals surface area contributed by atoms with Crippen molar-refractivity contribution in [2.24, 2.45) is 0 Å². The Bertz CT molecular complexity index is 938. The van der Waals surface area contributed by atoms with Crippen LogP contribution in [-0.2, 0) is 0 Å². The predicted molar refractivity (Wildman–Crippen MR) is 93.5 cm³/mol. The number of aromatic amines is 1. The molecule has 1 saturated heterocycles. The maximum Gasteiger partial charge on any atom is 0.270 e. The molecule has 0 spiro atoms. The molecule has 4 rings (SSSR count). The van der Waals surface area contributed by atoms with Gasteiger partial charge in [0.2, 0.25) is 0 Å². The number of amides is 2. The number of rotatable bonds is 3. The number of aryl methyl sites for hydroxylation is 1. The highest BCUT2D eigenvalue weighted by atomic mass is 19.1. The van der Waals surface area contributed by atoms with Crippen LogP contribution in [0.15, 0.2) is 41.2 Å². The number of H-pyrrole nitrogens is 1. The highest BCUT2D eigenvalue weighted by Crippen LogP contribution is 2.24. The third-order valence-corrected chi connectivity index (χ3v) is 4.79. The van der Waals surface area contributed by atoms with E-state index in [1.807, 2.05) is 6.92 Å². The van der Waals surface area contributed by atoms with E-state index in [1.54, 1.807) is 23.1 Å². The average Bonchev–Trinajstić information content (AvgIpc) is 3.37. The van der Waals surface area contributed by atoms with Crippen molar-refractivity contribution in [1.29, 1.82) is 0 Å². The molecular weight excluding hydrogens is 337 g/mol. The number of aromatic nitrogens is 1. The van der Waals surface area contributed by atoms with E-state index in [4.69, 9.17) is 4.42 Å². The van der Waals surface area contributed by atoms with E-state index in [-0.39, 0.29) is 23.7 Å². The molecule has 2 amide bonds. The van der Waals surface area contributed by atoms with Crippen LogP contribution in [0.2, 0.25) is 0 Å². The molecule has 0 bridgehead atoms. The quantitative estimate of drug-likeness (QED) is 0.758. The number of hydrogen-bond acceptors (Lipinski definition) is 3. The maximum atomic E-state index is 13.9. The largest absolute Gasteiger partial charge is 0.472 e. The smallest absolute Gasteiger partial charge is 0.270 e. The number of furan rings is 1. The van der Waals surface area contributed by atoms with E-state index in [0.29, 0.717) is 41.7 Å². The minimum absolute atomic E-state index is 0.121. The number of nitrogens with zero attached hydrogens (tertiary/aromatic N) is 1. The Morgan fingerprint density at radius 3 is 2.92 bits per heavy atom. The molecule has 1 aliphatic heterocycles. The topological polar surface area (TPSA) is 78.3 Å². The van der Waals surface area contributed by atoms with Crippen LogP contribution in [0.5, 0.6) is 0 Å². The standard InChI is InChI=1S/C19H18FN3O3/c1-11-2-3-15(20)17-14(11)8-16(22-17)19(25)23-6-4-13(9-23)21-18(24)12-5-7-26-10-12/h2-3,5,7-8,10,13,22H,4,6,9H2,1H3,(H,21,24)/t13-/m0/s1. The van der Waals surface area contributed by atoms with Crippen LogP contribution in [0.3, 0.4) is 0 Å². The Balaban J connectivity index is 1.47. The molecule has 0 aliphatic carbocycles. The molecule has 134 valence electrons. The summed E-state index contributed by atoms with van der Waals surface area (Å²) in [6.07, 6.45) is 3.49. The molecule has 1 aliphatic rings. The first-order chi connectivity index (χ1) is 12.5. The number of carbonyl (C=O) groups is 2. The van der Waals surface area contributed by atoms with E-state index < -0.39 is 0 Å². The van der Waals surface area contributed by atoms with E-state index >= 15 is 0 Å². The Morgan fingerprint density at radius 2 is 2.19 bits per heavy atom. The zero-order valence-corrected chi connectivity index (χ0v) is 14.2. The van der Waals surface area contributed by atoms with Gasteiger partial charge in [0.05, 0.1) is 17.3 Å². The van der Waals surface area contributed by atoms with Crippen molar-refractivity contribution in [3.63, 3.8) is 0 Å². The van der Waals surface area contributed by atoms with E-state index in [1.165, 1.54) is 18.6 Å². The van der Waals surface area contributed by atoms with Crippen LogP contribution in [0.4, 0.5) is 4.39 Å². The second-order valence-electron chi connectivity index (χ2n) is 6.56. The Morgan fingerprint density at radius 1 is 1.35 bits per heavy atom. The van der Waals surface area contributed by atoms with Crippen LogP contribution < -0.4 is 5.32 Å². The second-order valence-corrected chi connectivity index (χ2v) is 6.56. The summed E-state index contributed by atoms with van der Waals surface area (Å²) in [7, 11) is 0. The summed E-state index contributed by atoms with van der Waals surface area (Å²) in [6.45, 7) is 2.83. The minimum Gasteiger partial charge on any atom is -0.472 e. The highest BCUT2D eigenvalue weighted by molar-refractivity contribution is 5.99. The number of fused-ring (bicyclic) bond motifs is 1. The molecule has 3 heterocycles. The lowest BCUT2D eigenvalue weighted by Crippen LogP contribution is -2.38. The lowest BCUT2D eigenvalue weighted by Gasteiger charge is -2.16. The summed E-state index contributed by atoms with van der Waals surface area (Å²) in [6, 6.07) is 6.24. The minimum atomic E-state index is -0.378. The van der Waals surface area contributed by atoms with Crippen molar-refractivity contribution in [3.05, 3.63) is 59.4 Å². The van der Waals surface area contributed by atoms with E-state index in [2.05, 4.69) is 10.3 Å². The fraction of sp³-hybridized carbons (Fsp3) is 0.263. The van der Waals surface area contributed by atoms with Crippen molar-refractivity contribution >= 4 is 22.7 Å². The molecule has 0 unspecified atom stereocenters. The fourth-order valence-corrected chi connectivity index (χ4v) is 3.34. The summed E-state index contributed by atoms with van der Waals surface area (Å²) in [5.74, 6) is -0.794. The summed E-state index contributed by atoms with van der Waals surface area (Å²) in [5.41, 5.74) is 2.06. The van der Waals surface area contributed by atoms with Crippen molar-refractivity contribution in [1.82, 2.24) is 15.2 Å². The number of nitrogens with one attached hydrogen (secondary N) is 2. The molecule has 26 heavy (non-hydrogen) atoms.